The van der Waals surface area contributed by atoms with E-state index in [1.807, 2.05) is 13.0 Å². The SMILES string of the molecule is Cc1cc(C)c(-c2cc(C#N)no2)cc1C. The lowest BCUT2D eigenvalue weighted by Crippen LogP contribution is -1.87. The highest BCUT2D eigenvalue weighted by atomic mass is 16.5. The van der Waals surface area contributed by atoms with Crippen LogP contribution in [0.15, 0.2) is 22.7 Å². The Kier molecular flexibility index (Phi) is 2.49. The van der Waals surface area contributed by atoms with Gasteiger partial charge in [0.15, 0.2) is 11.5 Å². The molecule has 0 aliphatic heterocycles. The second-order valence-electron chi connectivity index (χ2n) is 3.94. The van der Waals surface area contributed by atoms with Gasteiger partial charge in [0, 0.05) is 11.6 Å². The molecule has 0 saturated carbocycles. The molecule has 0 amide bonds. The van der Waals surface area contributed by atoms with Crippen molar-refractivity contribution in [2.75, 3.05) is 0 Å². The van der Waals surface area contributed by atoms with Crippen LogP contribution in [0.3, 0.4) is 0 Å². The quantitative estimate of drug-likeness (QED) is 0.729. The standard InChI is InChI=1S/C13H12N2O/c1-8-4-10(3)12(5-9(8)2)13-6-11(7-14)15-16-13/h4-6H,1-3H3. The first-order chi connectivity index (χ1) is 7.61. The van der Waals surface area contributed by atoms with Gasteiger partial charge >= 0.3 is 0 Å². The molecule has 0 spiro atoms. The highest BCUT2D eigenvalue weighted by Gasteiger charge is 2.10. The molecular weight excluding hydrogens is 200 g/mol. The highest BCUT2D eigenvalue weighted by molar-refractivity contribution is 5.64. The first-order valence-electron chi connectivity index (χ1n) is 5.07. The van der Waals surface area contributed by atoms with Crippen molar-refractivity contribution in [3.63, 3.8) is 0 Å². The maximum Gasteiger partial charge on any atom is 0.184 e. The molecule has 1 aromatic carbocycles. The van der Waals surface area contributed by atoms with Crippen molar-refractivity contribution in [1.29, 1.82) is 5.26 Å². The predicted octanol–water partition coefficient (Wildman–Crippen LogP) is 3.14. The second-order valence-corrected chi connectivity index (χ2v) is 3.94. The number of aryl methyl sites for hydroxylation is 3. The number of nitriles is 1. The van der Waals surface area contributed by atoms with Crippen LogP contribution in [0.2, 0.25) is 0 Å². The van der Waals surface area contributed by atoms with Gasteiger partial charge in [0.25, 0.3) is 0 Å². The second kappa shape index (κ2) is 3.82. The van der Waals surface area contributed by atoms with Crippen molar-refractivity contribution in [2.24, 2.45) is 0 Å². The van der Waals surface area contributed by atoms with E-state index in [0.717, 1.165) is 11.1 Å². The van der Waals surface area contributed by atoms with Crippen LogP contribution in [-0.2, 0) is 0 Å². The monoisotopic (exact) mass is 212 g/mol. The molecule has 0 atom stereocenters. The summed E-state index contributed by atoms with van der Waals surface area (Å²) in [5.41, 5.74) is 4.89. The molecule has 0 bridgehead atoms. The predicted molar refractivity (Wildman–Crippen MR) is 60.9 cm³/mol. The molecule has 80 valence electrons. The molecule has 3 nitrogen and oxygen atoms in total. The van der Waals surface area contributed by atoms with E-state index in [1.165, 1.54) is 11.1 Å². The van der Waals surface area contributed by atoms with Crippen LogP contribution in [0.5, 0.6) is 0 Å². The minimum absolute atomic E-state index is 0.313. The summed E-state index contributed by atoms with van der Waals surface area (Å²) in [6.07, 6.45) is 0. The van der Waals surface area contributed by atoms with Crippen LogP contribution >= 0.6 is 0 Å². The summed E-state index contributed by atoms with van der Waals surface area (Å²) in [6, 6.07) is 7.79. The maximum absolute atomic E-state index is 8.69. The van der Waals surface area contributed by atoms with Crippen molar-refractivity contribution in [2.45, 2.75) is 20.8 Å². The number of rotatable bonds is 1. The molecule has 0 aliphatic rings. The zero-order chi connectivity index (χ0) is 11.7. The number of aromatic nitrogens is 1. The lowest BCUT2D eigenvalue weighted by molar-refractivity contribution is 0.430. The summed E-state index contributed by atoms with van der Waals surface area (Å²) in [6.45, 7) is 6.16. The molecule has 0 unspecified atom stereocenters. The first kappa shape index (κ1) is 10.4. The number of hydrogen-bond donors (Lipinski definition) is 0. The fraction of sp³-hybridized carbons (Fsp3) is 0.231. The van der Waals surface area contributed by atoms with Crippen molar-refractivity contribution >= 4 is 0 Å². The third-order valence-electron chi connectivity index (χ3n) is 2.73. The zero-order valence-electron chi connectivity index (χ0n) is 9.53. The normalized spacial score (nSPS) is 10.1. The smallest absolute Gasteiger partial charge is 0.184 e. The number of nitrogens with zero attached hydrogens (tertiary/aromatic N) is 2. The molecule has 16 heavy (non-hydrogen) atoms. The molecule has 2 rings (SSSR count). The van der Waals surface area contributed by atoms with Gasteiger partial charge in [0.1, 0.15) is 6.07 Å². The molecule has 0 N–H and O–H groups in total. The molecule has 3 heteroatoms. The van der Waals surface area contributed by atoms with Crippen molar-refractivity contribution in [3.05, 3.63) is 40.6 Å². The maximum atomic E-state index is 8.69. The molecule has 2 aromatic rings. The van der Waals surface area contributed by atoms with Crippen LogP contribution in [0.1, 0.15) is 22.4 Å². The van der Waals surface area contributed by atoms with Crippen molar-refractivity contribution < 1.29 is 4.52 Å². The van der Waals surface area contributed by atoms with E-state index >= 15 is 0 Å². The van der Waals surface area contributed by atoms with Gasteiger partial charge in [-0.05, 0) is 43.5 Å². The Morgan fingerprint density at radius 2 is 1.75 bits per heavy atom. The van der Waals surface area contributed by atoms with E-state index in [-0.39, 0.29) is 0 Å². The van der Waals surface area contributed by atoms with E-state index in [1.54, 1.807) is 6.07 Å². The van der Waals surface area contributed by atoms with Gasteiger partial charge in [-0.2, -0.15) is 5.26 Å². The van der Waals surface area contributed by atoms with Crippen LogP contribution < -0.4 is 0 Å². The molecule has 1 heterocycles. The summed E-state index contributed by atoms with van der Waals surface area (Å²) in [4.78, 5) is 0. The van der Waals surface area contributed by atoms with Gasteiger partial charge < -0.3 is 4.52 Å². The van der Waals surface area contributed by atoms with Gasteiger partial charge in [-0.1, -0.05) is 11.2 Å². The molecule has 1 aromatic heterocycles. The van der Waals surface area contributed by atoms with Gasteiger partial charge in [-0.3, -0.25) is 0 Å². The van der Waals surface area contributed by atoms with Gasteiger partial charge in [0.05, 0.1) is 0 Å². The molecule has 0 radical (unpaired) electrons. The van der Waals surface area contributed by atoms with Crippen LogP contribution in [-0.4, -0.2) is 5.16 Å². The van der Waals surface area contributed by atoms with Crippen molar-refractivity contribution in [1.82, 2.24) is 5.16 Å². The summed E-state index contributed by atoms with van der Waals surface area (Å²) in [7, 11) is 0. The van der Waals surface area contributed by atoms with Gasteiger partial charge in [0.2, 0.25) is 0 Å². The average Bonchev–Trinajstić information content (AvgIpc) is 2.71. The lowest BCUT2D eigenvalue weighted by atomic mass is 9.99. The Hall–Kier alpha value is -2.08. The molecule has 0 aliphatic carbocycles. The summed E-state index contributed by atoms with van der Waals surface area (Å²) >= 11 is 0. The summed E-state index contributed by atoms with van der Waals surface area (Å²) in [5.74, 6) is 0.650. The largest absolute Gasteiger partial charge is 0.355 e. The number of benzene rings is 1. The summed E-state index contributed by atoms with van der Waals surface area (Å²) < 4.78 is 5.14. The van der Waals surface area contributed by atoms with Crippen LogP contribution in [0, 0.1) is 32.1 Å². The third kappa shape index (κ3) is 1.70. The van der Waals surface area contributed by atoms with Crippen LogP contribution in [0.25, 0.3) is 11.3 Å². The fourth-order valence-corrected chi connectivity index (χ4v) is 1.68. The Morgan fingerprint density at radius 1 is 1.06 bits per heavy atom. The van der Waals surface area contributed by atoms with E-state index in [9.17, 15) is 0 Å². The Balaban J connectivity index is 2.56. The van der Waals surface area contributed by atoms with Crippen molar-refractivity contribution in [3.8, 4) is 17.4 Å². The average molecular weight is 212 g/mol. The first-order valence-corrected chi connectivity index (χ1v) is 5.07. The third-order valence-corrected chi connectivity index (χ3v) is 2.73. The minimum Gasteiger partial charge on any atom is -0.355 e. The minimum atomic E-state index is 0.313. The topological polar surface area (TPSA) is 49.8 Å². The van der Waals surface area contributed by atoms with E-state index in [2.05, 4.69) is 31.1 Å². The van der Waals surface area contributed by atoms with E-state index < -0.39 is 0 Å². The lowest BCUT2D eigenvalue weighted by Gasteiger charge is -2.06. The molecule has 0 saturated heterocycles. The fourth-order valence-electron chi connectivity index (χ4n) is 1.68. The molecule has 0 fully saturated rings. The molecular formula is C13H12N2O. The highest BCUT2D eigenvalue weighted by Crippen LogP contribution is 2.26. The zero-order valence-corrected chi connectivity index (χ0v) is 9.53. The van der Waals surface area contributed by atoms with Gasteiger partial charge in [-0.25, -0.2) is 0 Å². The Labute approximate surface area is 94.3 Å². The van der Waals surface area contributed by atoms with Gasteiger partial charge in [-0.15, -0.1) is 0 Å². The Morgan fingerprint density at radius 3 is 2.38 bits per heavy atom. The van der Waals surface area contributed by atoms with Crippen LogP contribution in [0.4, 0.5) is 0 Å². The Bertz CT molecular complexity index is 576. The summed E-state index contributed by atoms with van der Waals surface area (Å²) in [5, 5.41) is 12.4. The number of hydrogen-bond acceptors (Lipinski definition) is 3. The van der Waals surface area contributed by atoms with E-state index in [0.29, 0.717) is 11.5 Å². The van der Waals surface area contributed by atoms with E-state index in [4.69, 9.17) is 9.78 Å².